The highest BCUT2D eigenvalue weighted by atomic mass is 32.2. The molecule has 3 aromatic rings. The highest BCUT2D eigenvalue weighted by molar-refractivity contribution is 7.93. The number of phenols is 1. The van der Waals surface area contributed by atoms with E-state index in [1.807, 2.05) is 19.9 Å². The van der Waals surface area contributed by atoms with Gasteiger partial charge in [0.1, 0.15) is 5.75 Å². The molecule has 1 heterocycles. The number of carbonyl (C=O) groups is 1. The van der Waals surface area contributed by atoms with E-state index in [4.69, 9.17) is 0 Å². The van der Waals surface area contributed by atoms with E-state index < -0.39 is 15.9 Å². The lowest BCUT2D eigenvalue weighted by Gasteiger charge is -2.19. The van der Waals surface area contributed by atoms with Crippen LogP contribution in [0.2, 0.25) is 0 Å². The number of carbonyl (C=O) groups excluding carboxylic acids is 1. The highest BCUT2D eigenvalue weighted by Crippen LogP contribution is 2.28. The Bertz CT molecular complexity index is 1140. The first-order valence-electron chi connectivity index (χ1n) is 8.43. The van der Waals surface area contributed by atoms with Gasteiger partial charge in [0, 0.05) is 12.4 Å². The first-order chi connectivity index (χ1) is 13.2. The van der Waals surface area contributed by atoms with Gasteiger partial charge in [0.25, 0.3) is 15.9 Å². The Morgan fingerprint density at radius 2 is 1.79 bits per heavy atom. The lowest BCUT2D eigenvalue weighted by atomic mass is 10.2. The molecule has 0 radical (unpaired) electrons. The Labute approximate surface area is 168 Å². The van der Waals surface area contributed by atoms with E-state index in [-0.39, 0.29) is 21.2 Å². The van der Waals surface area contributed by atoms with Crippen molar-refractivity contribution in [3.05, 3.63) is 69.9 Å². The molecule has 3 rings (SSSR count). The third-order valence-corrected chi connectivity index (χ3v) is 7.06. The fourth-order valence-corrected chi connectivity index (χ4v) is 4.97. The summed E-state index contributed by atoms with van der Waals surface area (Å²) in [6.45, 7) is 3.73. The molecule has 0 aliphatic heterocycles. The Hall–Kier alpha value is -2.84. The van der Waals surface area contributed by atoms with E-state index in [2.05, 4.69) is 5.32 Å². The van der Waals surface area contributed by atoms with Crippen LogP contribution < -0.4 is 9.62 Å². The molecule has 6 nitrogen and oxygen atoms in total. The minimum atomic E-state index is -3.79. The first-order valence-corrected chi connectivity index (χ1v) is 10.8. The molecule has 0 unspecified atom stereocenters. The molecule has 1 aromatic heterocycles. The van der Waals surface area contributed by atoms with Gasteiger partial charge in [0.2, 0.25) is 0 Å². The topological polar surface area (TPSA) is 86.7 Å². The molecule has 0 aliphatic carbocycles. The van der Waals surface area contributed by atoms with E-state index >= 15 is 0 Å². The normalized spacial score (nSPS) is 11.2. The van der Waals surface area contributed by atoms with Crippen molar-refractivity contribution in [3.8, 4) is 5.75 Å². The predicted molar refractivity (Wildman–Crippen MR) is 112 cm³/mol. The van der Waals surface area contributed by atoms with E-state index in [1.54, 1.807) is 30.3 Å². The number of benzene rings is 2. The molecular formula is C20H20N2O4S2. The van der Waals surface area contributed by atoms with Crippen LogP contribution in [0.25, 0.3) is 0 Å². The number of thiophene rings is 1. The summed E-state index contributed by atoms with van der Waals surface area (Å²) in [6, 6.07) is 13.4. The first kappa shape index (κ1) is 19.9. The van der Waals surface area contributed by atoms with Gasteiger partial charge >= 0.3 is 0 Å². The molecule has 0 atom stereocenters. The van der Waals surface area contributed by atoms with Crippen LogP contribution in [-0.2, 0) is 10.0 Å². The van der Waals surface area contributed by atoms with Crippen molar-refractivity contribution in [3.63, 3.8) is 0 Å². The molecule has 0 fully saturated rings. The number of aromatic hydroxyl groups is 1. The van der Waals surface area contributed by atoms with Crippen LogP contribution in [0, 0.1) is 13.8 Å². The number of nitrogens with one attached hydrogen (secondary N) is 1. The second-order valence-electron chi connectivity index (χ2n) is 6.43. The van der Waals surface area contributed by atoms with Gasteiger partial charge in [-0.2, -0.15) is 0 Å². The Morgan fingerprint density at radius 3 is 2.50 bits per heavy atom. The molecule has 8 heteroatoms. The second kappa shape index (κ2) is 7.65. The quantitative estimate of drug-likeness (QED) is 0.612. The van der Waals surface area contributed by atoms with Gasteiger partial charge in [-0.15, -0.1) is 11.3 Å². The van der Waals surface area contributed by atoms with Gasteiger partial charge in [-0.3, -0.25) is 9.10 Å². The van der Waals surface area contributed by atoms with Crippen LogP contribution in [-0.4, -0.2) is 26.5 Å². The Kier molecular flexibility index (Phi) is 5.44. The highest BCUT2D eigenvalue weighted by Gasteiger charge is 2.24. The lowest BCUT2D eigenvalue weighted by molar-refractivity contribution is 0.103. The van der Waals surface area contributed by atoms with Gasteiger partial charge in [-0.05, 0) is 55.3 Å². The van der Waals surface area contributed by atoms with E-state index in [1.165, 1.54) is 28.9 Å². The predicted octanol–water partition coefficient (Wildman–Crippen LogP) is 4.15. The van der Waals surface area contributed by atoms with Crippen molar-refractivity contribution in [2.75, 3.05) is 16.7 Å². The Balaban J connectivity index is 1.84. The second-order valence-corrected chi connectivity index (χ2v) is 9.31. The molecule has 146 valence electrons. The lowest BCUT2D eigenvalue weighted by Crippen LogP contribution is -2.26. The molecule has 1 amide bonds. The van der Waals surface area contributed by atoms with Crippen LogP contribution in [0.15, 0.2) is 58.8 Å². The molecule has 0 saturated carbocycles. The SMILES string of the molecule is Cc1cccc(N(C)S(=O)(=O)c2csc(C(=O)Nc3cc(C)ccc3O)c2)c1. The monoisotopic (exact) mass is 416 g/mol. The van der Waals surface area contributed by atoms with Gasteiger partial charge in [0.15, 0.2) is 0 Å². The number of anilines is 2. The molecule has 2 aromatic carbocycles. The molecule has 2 N–H and O–H groups in total. The number of aryl methyl sites for hydroxylation is 2. The van der Waals surface area contributed by atoms with Gasteiger partial charge < -0.3 is 10.4 Å². The van der Waals surface area contributed by atoms with Crippen molar-refractivity contribution < 1.29 is 18.3 Å². The third kappa shape index (κ3) is 4.02. The number of hydrogen-bond donors (Lipinski definition) is 2. The summed E-state index contributed by atoms with van der Waals surface area (Å²) in [4.78, 5) is 12.8. The number of sulfonamides is 1. The zero-order valence-electron chi connectivity index (χ0n) is 15.6. The molecule has 0 bridgehead atoms. The van der Waals surface area contributed by atoms with Crippen molar-refractivity contribution in [2.24, 2.45) is 0 Å². The number of rotatable bonds is 5. The maximum atomic E-state index is 12.9. The molecular weight excluding hydrogens is 396 g/mol. The fraction of sp³-hybridized carbons (Fsp3) is 0.150. The average Bonchev–Trinajstić information content (AvgIpc) is 3.15. The van der Waals surface area contributed by atoms with Crippen molar-refractivity contribution >= 4 is 38.6 Å². The van der Waals surface area contributed by atoms with E-state index in [0.29, 0.717) is 5.69 Å². The molecule has 28 heavy (non-hydrogen) atoms. The summed E-state index contributed by atoms with van der Waals surface area (Å²) in [5, 5.41) is 13.9. The summed E-state index contributed by atoms with van der Waals surface area (Å²) >= 11 is 1.03. The van der Waals surface area contributed by atoms with Crippen LogP contribution in [0.1, 0.15) is 20.8 Å². The maximum absolute atomic E-state index is 12.9. The Morgan fingerprint density at radius 1 is 1.07 bits per heavy atom. The standard InChI is InChI=1S/C20H20N2O4S2/c1-13-5-4-6-15(9-13)22(3)28(25,26)16-11-19(27-12-16)20(24)21-17-10-14(2)7-8-18(17)23/h4-12,23H,1-3H3,(H,21,24). The largest absolute Gasteiger partial charge is 0.506 e. The maximum Gasteiger partial charge on any atom is 0.265 e. The summed E-state index contributed by atoms with van der Waals surface area (Å²) < 4.78 is 27.0. The van der Waals surface area contributed by atoms with Gasteiger partial charge in [0.05, 0.1) is 21.1 Å². The third-order valence-electron chi connectivity index (χ3n) is 4.22. The van der Waals surface area contributed by atoms with Crippen LogP contribution in [0.4, 0.5) is 11.4 Å². The minimum Gasteiger partial charge on any atom is -0.506 e. The molecule has 0 spiro atoms. The van der Waals surface area contributed by atoms with Crippen LogP contribution in [0.3, 0.4) is 0 Å². The smallest absolute Gasteiger partial charge is 0.265 e. The number of phenolic OH excluding ortho intramolecular Hbond substituents is 1. The zero-order valence-corrected chi connectivity index (χ0v) is 17.3. The minimum absolute atomic E-state index is 0.0418. The van der Waals surface area contributed by atoms with E-state index in [0.717, 1.165) is 22.5 Å². The average molecular weight is 417 g/mol. The van der Waals surface area contributed by atoms with Crippen LogP contribution in [0.5, 0.6) is 5.75 Å². The molecule has 0 aliphatic rings. The van der Waals surface area contributed by atoms with Crippen molar-refractivity contribution in [2.45, 2.75) is 18.7 Å². The summed E-state index contributed by atoms with van der Waals surface area (Å²) in [6.07, 6.45) is 0. The summed E-state index contributed by atoms with van der Waals surface area (Å²) in [5.74, 6) is -0.534. The number of nitrogens with zero attached hydrogens (tertiary/aromatic N) is 1. The number of hydrogen-bond acceptors (Lipinski definition) is 5. The van der Waals surface area contributed by atoms with Gasteiger partial charge in [-0.1, -0.05) is 18.2 Å². The van der Waals surface area contributed by atoms with Gasteiger partial charge in [-0.25, -0.2) is 8.42 Å². The summed E-state index contributed by atoms with van der Waals surface area (Å²) in [7, 11) is -2.32. The fourth-order valence-electron chi connectivity index (χ4n) is 2.63. The zero-order chi connectivity index (χ0) is 20.5. The van der Waals surface area contributed by atoms with E-state index in [9.17, 15) is 18.3 Å². The van der Waals surface area contributed by atoms with Crippen LogP contribution >= 0.6 is 11.3 Å². The van der Waals surface area contributed by atoms with Crippen molar-refractivity contribution in [1.29, 1.82) is 0 Å². The van der Waals surface area contributed by atoms with Crippen molar-refractivity contribution in [1.82, 2.24) is 0 Å². The number of amides is 1. The molecule has 0 saturated heterocycles. The summed E-state index contributed by atoms with van der Waals surface area (Å²) in [5.41, 5.74) is 2.65.